The van der Waals surface area contributed by atoms with E-state index in [9.17, 15) is 0 Å². The smallest absolute Gasteiger partial charge is 0.229 e. The summed E-state index contributed by atoms with van der Waals surface area (Å²) in [7, 11) is 3.16. The van der Waals surface area contributed by atoms with Crippen LogP contribution >= 0.6 is 11.6 Å². The van der Waals surface area contributed by atoms with E-state index < -0.39 is 0 Å². The minimum atomic E-state index is 0.488. The summed E-state index contributed by atoms with van der Waals surface area (Å²) in [6.07, 6.45) is 4.16. The summed E-state index contributed by atoms with van der Waals surface area (Å²) >= 11 is 6.12. The highest BCUT2D eigenvalue weighted by molar-refractivity contribution is 6.32. The topological polar surface area (TPSA) is 59.5 Å². The maximum atomic E-state index is 6.12. The predicted octanol–water partition coefficient (Wildman–Crippen LogP) is 3.49. The van der Waals surface area contributed by atoms with Crippen LogP contribution in [0.5, 0.6) is 11.5 Å². The van der Waals surface area contributed by atoms with E-state index in [0.717, 1.165) is 18.9 Å². The summed E-state index contributed by atoms with van der Waals surface area (Å²) < 4.78 is 10.6. The van der Waals surface area contributed by atoms with Crippen molar-refractivity contribution in [3.8, 4) is 11.5 Å². The number of rotatable bonds is 5. The molecule has 2 heterocycles. The number of halogens is 1. The summed E-state index contributed by atoms with van der Waals surface area (Å²) in [6, 6.07) is 5.40. The molecule has 23 heavy (non-hydrogen) atoms. The molecule has 7 heteroatoms. The Hall–Kier alpha value is -2.21. The Balaban J connectivity index is 1.88. The molecule has 6 nitrogen and oxygen atoms in total. The molecule has 0 unspecified atom stereocenters. The largest absolute Gasteiger partial charge is 0.495 e. The normalized spacial score (nSPS) is 14.0. The van der Waals surface area contributed by atoms with Gasteiger partial charge in [0, 0.05) is 31.4 Å². The number of methoxy groups -OCH3 is 2. The number of hydrogen-bond acceptors (Lipinski definition) is 6. The van der Waals surface area contributed by atoms with Gasteiger partial charge in [0.2, 0.25) is 5.95 Å². The van der Waals surface area contributed by atoms with Crippen LogP contribution in [0.2, 0.25) is 5.02 Å². The van der Waals surface area contributed by atoms with Gasteiger partial charge in [0.05, 0.1) is 24.9 Å². The molecule has 0 bridgehead atoms. The van der Waals surface area contributed by atoms with E-state index >= 15 is 0 Å². The lowest BCUT2D eigenvalue weighted by molar-refractivity contribution is 0.405. The summed E-state index contributed by atoms with van der Waals surface area (Å²) in [5.41, 5.74) is 0.701. The first kappa shape index (κ1) is 15.7. The Kier molecular flexibility index (Phi) is 4.71. The van der Waals surface area contributed by atoms with Gasteiger partial charge in [-0.1, -0.05) is 11.6 Å². The van der Waals surface area contributed by atoms with E-state index in [4.69, 9.17) is 21.1 Å². The van der Waals surface area contributed by atoms with Crippen LogP contribution in [0.25, 0.3) is 0 Å². The van der Waals surface area contributed by atoms with E-state index in [1.165, 1.54) is 12.8 Å². The second kappa shape index (κ2) is 6.91. The third-order valence-corrected chi connectivity index (χ3v) is 4.09. The fourth-order valence-electron chi connectivity index (χ4n) is 2.61. The zero-order valence-corrected chi connectivity index (χ0v) is 13.9. The van der Waals surface area contributed by atoms with Crippen LogP contribution < -0.4 is 19.7 Å². The molecule has 1 aromatic heterocycles. The highest BCUT2D eigenvalue weighted by atomic mass is 35.5. The SMILES string of the molecule is COc1cc(Nc2nccc(N3CCCC3)n2)c(OC)cc1Cl. The van der Waals surface area contributed by atoms with Crippen molar-refractivity contribution in [1.29, 1.82) is 0 Å². The lowest BCUT2D eigenvalue weighted by atomic mass is 10.2. The molecular formula is C16H19ClN4O2. The van der Waals surface area contributed by atoms with Gasteiger partial charge in [-0.15, -0.1) is 0 Å². The zero-order chi connectivity index (χ0) is 16.2. The van der Waals surface area contributed by atoms with Gasteiger partial charge < -0.3 is 19.7 Å². The van der Waals surface area contributed by atoms with E-state index in [-0.39, 0.29) is 0 Å². The van der Waals surface area contributed by atoms with E-state index in [1.807, 2.05) is 6.07 Å². The minimum absolute atomic E-state index is 0.488. The number of ether oxygens (including phenoxy) is 2. The molecule has 1 saturated heterocycles. The molecule has 0 spiro atoms. The third kappa shape index (κ3) is 3.42. The average Bonchev–Trinajstić information content (AvgIpc) is 3.11. The second-order valence-corrected chi connectivity index (χ2v) is 5.65. The van der Waals surface area contributed by atoms with Gasteiger partial charge in [-0.3, -0.25) is 0 Å². The quantitative estimate of drug-likeness (QED) is 0.903. The molecule has 0 saturated carbocycles. The fourth-order valence-corrected chi connectivity index (χ4v) is 2.84. The first-order chi connectivity index (χ1) is 11.2. The molecular weight excluding hydrogens is 316 g/mol. The monoisotopic (exact) mass is 334 g/mol. The van der Waals surface area contributed by atoms with Crippen molar-refractivity contribution in [3.05, 3.63) is 29.4 Å². The number of nitrogens with zero attached hydrogens (tertiary/aromatic N) is 3. The van der Waals surface area contributed by atoms with Crippen LogP contribution in [0.15, 0.2) is 24.4 Å². The summed E-state index contributed by atoms with van der Waals surface area (Å²) in [6.45, 7) is 2.07. The highest BCUT2D eigenvalue weighted by Crippen LogP contribution is 2.37. The van der Waals surface area contributed by atoms with Crippen molar-refractivity contribution < 1.29 is 9.47 Å². The van der Waals surface area contributed by atoms with Crippen molar-refractivity contribution in [1.82, 2.24) is 9.97 Å². The van der Waals surface area contributed by atoms with Crippen molar-refractivity contribution in [3.63, 3.8) is 0 Å². The molecule has 0 amide bonds. The molecule has 1 aliphatic rings. The van der Waals surface area contributed by atoms with Crippen LogP contribution in [-0.4, -0.2) is 37.3 Å². The number of hydrogen-bond donors (Lipinski definition) is 1. The minimum Gasteiger partial charge on any atom is -0.495 e. The van der Waals surface area contributed by atoms with Gasteiger partial charge in [-0.2, -0.15) is 4.98 Å². The number of anilines is 3. The Morgan fingerprint density at radius 3 is 2.57 bits per heavy atom. The van der Waals surface area contributed by atoms with Crippen LogP contribution in [-0.2, 0) is 0 Å². The van der Waals surface area contributed by atoms with Crippen molar-refractivity contribution in [2.45, 2.75) is 12.8 Å². The molecule has 0 aliphatic carbocycles. The van der Waals surface area contributed by atoms with Crippen molar-refractivity contribution >= 4 is 29.1 Å². The van der Waals surface area contributed by atoms with Crippen LogP contribution in [0.4, 0.5) is 17.5 Å². The van der Waals surface area contributed by atoms with Crippen LogP contribution in [0.1, 0.15) is 12.8 Å². The van der Waals surface area contributed by atoms with Crippen molar-refractivity contribution in [2.75, 3.05) is 37.5 Å². The first-order valence-electron chi connectivity index (χ1n) is 7.48. The predicted molar refractivity (Wildman–Crippen MR) is 91.3 cm³/mol. The van der Waals surface area contributed by atoms with Gasteiger partial charge in [-0.05, 0) is 18.9 Å². The Labute approximate surface area is 140 Å². The third-order valence-electron chi connectivity index (χ3n) is 3.79. The summed E-state index contributed by atoms with van der Waals surface area (Å²) in [5.74, 6) is 2.61. The van der Waals surface area contributed by atoms with E-state index in [2.05, 4.69) is 20.2 Å². The molecule has 122 valence electrons. The average molecular weight is 335 g/mol. The zero-order valence-electron chi connectivity index (χ0n) is 13.2. The maximum Gasteiger partial charge on any atom is 0.229 e. The molecule has 2 aromatic rings. The Morgan fingerprint density at radius 1 is 1.13 bits per heavy atom. The lowest BCUT2D eigenvalue weighted by Gasteiger charge is -2.17. The van der Waals surface area contributed by atoms with E-state index in [0.29, 0.717) is 28.2 Å². The molecule has 1 aromatic carbocycles. The summed E-state index contributed by atoms with van der Waals surface area (Å²) in [5, 5.41) is 3.66. The van der Waals surface area contributed by atoms with Gasteiger partial charge in [0.1, 0.15) is 17.3 Å². The molecule has 0 radical (unpaired) electrons. The fraction of sp³-hybridized carbons (Fsp3) is 0.375. The number of nitrogens with one attached hydrogen (secondary N) is 1. The lowest BCUT2D eigenvalue weighted by Crippen LogP contribution is -2.19. The highest BCUT2D eigenvalue weighted by Gasteiger charge is 2.15. The van der Waals surface area contributed by atoms with Gasteiger partial charge in [-0.25, -0.2) is 4.98 Å². The van der Waals surface area contributed by atoms with Crippen molar-refractivity contribution in [2.24, 2.45) is 0 Å². The van der Waals surface area contributed by atoms with Gasteiger partial charge in [0.15, 0.2) is 0 Å². The van der Waals surface area contributed by atoms with E-state index in [1.54, 1.807) is 32.5 Å². The number of aromatic nitrogens is 2. The molecule has 1 N–H and O–H groups in total. The molecule has 0 atom stereocenters. The first-order valence-corrected chi connectivity index (χ1v) is 7.85. The Bertz CT molecular complexity index is 690. The number of benzene rings is 1. The molecule has 1 aliphatic heterocycles. The van der Waals surface area contributed by atoms with Gasteiger partial charge >= 0.3 is 0 Å². The standard InChI is InChI=1S/C16H19ClN4O2/c1-22-13-10-12(14(23-2)9-11(13)17)19-16-18-6-5-15(20-16)21-7-3-4-8-21/h5-6,9-10H,3-4,7-8H2,1-2H3,(H,18,19,20). The molecule has 1 fully saturated rings. The maximum absolute atomic E-state index is 6.12. The second-order valence-electron chi connectivity index (χ2n) is 5.24. The van der Waals surface area contributed by atoms with Crippen LogP contribution in [0, 0.1) is 0 Å². The Morgan fingerprint density at radius 2 is 1.87 bits per heavy atom. The van der Waals surface area contributed by atoms with Crippen LogP contribution in [0.3, 0.4) is 0 Å². The van der Waals surface area contributed by atoms with Gasteiger partial charge in [0.25, 0.3) is 0 Å². The summed E-state index contributed by atoms with van der Waals surface area (Å²) in [4.78, 5) is 11.1. The molecule has 3 rings (SSSR count).